The van der Waals surface area contributed by atoms with Gasteiger partial charge in [0.15, 0.2) is 0 Å². The smallest absolute Gasteiger partial charge is 0.234 e. The van der Waals surface area contributed by atoms with Crippen molar-refractivity contribution in [3.8, 4) is 0 Å². The van der Waals surface area contributed by atoms with Gasteiger partial charge in [-0.05, 0) is 68.9 Å². The van der Waals surface area contributed by atoms with Gasteiger partial charge in [-0.25, -0.2) is 0 Å². The number of benzene rings is 1. The Morgan fingerprint density at radius 2 is 1.96 bits per heavy atom. The minimum absolute atomic E-state index is 0.109. The van der Waals surface area contributed by atoms with Crippen LogP contribution in [0.25, 0.3) is 0 Å². The average molecular weight is 336 g/mol. The maximum Gasteiger partial charge on any atom is 0.234 e. The zero-order chi connectivity index (χ0) is 16.1. The summed E-state index contributed by atoms with van der Waals surface area (Å²) >= 11 is 5.86. The molecule has 5 heteroatoms. The molecule has 4 nitrogen and oxygen atoms in total. The first-order valence-electron chi connectivity index (χ1n) is 8.67. The first-order chi connectivity index (χ1) is 11.2. The van der Waals surface area contributed by atoms with Crippen molar-refractivity contribution in [2.45, 2.75) is 38.3 Å². The largest absolute Gasteiger partial charge is 0.351 e. The van der Waals surface area contributed by atoms with Crippen molar-refractivity contribution in [3.05, 3.63) is 34.9 Å². The molecule has 1 amide bonds. The minimum Gasteiger partial charge on any atom is -0.351 e. The molecule has 1 unspecified atom stereocenters. The molecule has 23 heavy (non-hydrogen) atoms. The van der Waals surface area contributed by atoms with Crippen LogP contribution in [0.4, 0.5) is 0 Å². The van der Waals surface area contributed by atoms with Gasteiger partial charge in [0.25, 0.3) is 0 Å². The summed E-state index contributed by atoms with van der Waals surface area (Å²) in [5.41, 5.74) is 1.08. The van der Waals surface area contributed by atoms with E-state index in [1.807, 2.05) is 24.3 Å². The van der Waals surface area contributed by atoms with Crippen LogP contribution in [0.1, 0.15) is 31.2 Å². The number of likely N-dealkylation sites (tertiary alicyclic amines) is 1. The van der Waals surface area contributed by atoms with Gasteiger partial charge in [0.2, 0.25) is 5.91 Å². The summed E-state index contributed by atoms with van der Waals surface area (Å²) in [5, 5.41) is 7.34. The molecule has 0 spiro atoms. The van der Waals surface area contributed by atoms with E-state index in [1.54, 1.807) is 0 Å². The summed E-state index contributed by atoms with van der Waals surface area (Å²) in [7, 11) is 0. The van der Waals surface area contributed by atoms with E-state index in [0.717, 1.165) is 35.6 Å². The molecule has 1 aromatic carbocycles. The molecule has 1 aromatic rings. The number of hydrogen-bond donors (Lipinski definition) is 2. The monoisotopic (exact) mass is 335 g/mol. The van der Waals surface area contributed by atoms with Crippen LogP contribution in [0.2, 0.25) is 5.02 Å². The molecule has 2 fully saturated rings. The second kappa shape index (κ2) is 8.13. The molecule has 0 aliphatic carbocycles. The number of amides is 1. The van der Waals surface area contributed by atoms with Gasteiger partial charge in [-0.3, -0.25) is 9.69 Å². The third-order valence-electron chi connectivity index (χ3n) is 5.07. The zero-order valence-corrected chi connectivity index (χ0v) is 14.3. The Balaban J connectivity index is 1.36. The van der Waals surface area contributed by atoms with Gasteiger partial charge < -0.3 is 10.6 Å². The molecule has 3 rings (SSSR count). The maximum absolute atomic E-state index is 12.1. The van der Waals surface area contributed by atoms with E-state index >= 15 is 0 Å². The Morgan fingerprint density at radius 3 is 2.61 bits per heavy atom. The Labute approximate surface area is 143 Å². The lowest BCUT2D eigenvalue weighted by Crippen LogP contribution is -2.44. The summed E-state index contributed by atoms with van der Waals surface area (Å²) in [4.78, 5) is 14.4. The highest BCUT2D eigenvalue weighted by Gasteiger charge is 2.28. The number of carbonyl (C=O) groups is 1. The molecule has 2 aliphatic heterocycles. The normalized spacial score (nSPS) is 23.1. The molecule has 2 N–H and O–H groups in total. The second-order valence-electron chi connectivity index (χ2n) is 6.72. The second-order valence-corrected chi connectivity index (χ2v) is 7.16. The predicted molar refractivity (Wildman–Crippen MR) is 93.5 cm³/mol. The van der Waals surface area contributed by atoms with Crippen LogP contribution in [0, 0.1) is 5.92 Å². The van der Waals surface area contributed by atoms with Crippen molar-refractivity contribution in [1.29, 1.82) is 0 Å². The number of halogens is 1. The van der Waals surface area contributed by atoms with Crippen molar-refractivity contribution >= 4 is 17.5 Å². The first-order valence-corrected chi connectivity index (χ1v) is 9.05. The Bertz CT molecular complexity index is 506. The van der Waals surface area contributed by atoms with Gasteiger partial charge in [0.1, 0.15) is 0 Å². The number of hydrogen-bond acceptors (Lipinski definition) is 3. The number of nitrogens with zero attached hydrogens (tertiary/aromatic N) is 1. The number of nitrogens with one attached hydrogen (secondary N) is 2. The topological polar surface area (TPSA) is 44.4 Å². The molecular formula is C18H26ClN3O. The number of rotatable bonds is 5. The fourth-order valence-electron chi connectivity index (χ4n) is 3.69. The summed E-state index contributed by atoms with van der Waals surface area (Å²) in [5.74, 6) is 0.906. The summed E-state index contributed by atoms with van der Waals surface area (Å²) in [6.07, 6.45) is 5.06. The van der Waals surface area contributed by atoms with Crippen LogP contribution in [0.15, 0.2) is 24.3 Å². The first kappa shape index (κ1) is 16.7. The van der Waals surface area contributed by atoms with Gasteiger partial charge in [0.05, 0.1) is 6.54 Å². The van der Waals surface area contributed by atoms with Gasteiger partial charge in [-0.1, -0.05) is 23.7 Å². The van der Waals surface area contributed by atoms with Crippen molar-refractivity contribution < 1.29 is 4.79 Å². The highest BCUT2D eigenvalue weighted by atomic mass is 35.5. The fourth-order valence-corrected chi connectivity index (χ4v) is 3.82. The van der Waals surface area contributed by atoms with Crippen LogP contribution < -0.4 is 10.6 Å². The predicted octanol–water partition coefficient (Wildman–Crippen LogP) is 2.42. The van der Waals surface area contributed by atoms with Crippen LogP contribution >= 0.6 is 11.6 Å². The zero-order valence-electron chi connectivity index (χ0n) is 13.6. The van der Waals surface area contributed by atoms with E-state index in [0.29, 0.717) is 13.1 Å². The molecule has 1 atom stereocenters. The molecule has 0 bridgehead atoms. The van der Waals surface area contributed by atoms with Crippen LogP contribution in [0.3, 0.4) is 0 Å². The molecule has 2 heterocycles. The molecule has 126 valence electrons. The molecular weight excluding hydrogens is 310 g/mol. The molecule has 0 saturated carbocycles. The van der Waals surface area contributed by atoms with Crippen molar-refractivity contribution in [2.24, 2.45) is 5.92 Å². The molecule has 2 saturated heterocycles. The number of piperidine rings is 1. The Morgan fingerprint density at radius 1 is 1.22 bits per heavy atom. The van der Waals surface area contributed by atoms with Gasteiger partial charge in [0, 0.05) is 17.6 Å². The van der Waals surface area contributed by atoms with E-state index in [2.05, 4.69) is 15.5 Å². The van der Waals surface area contributed by atoms with Crippen molar-refractivity contribution in [1.82, 2.24) is 15.5 Å². The van der Waals surface area contributed by atoms with E-state index in [1.165, 1.54) is 32.2 Å². The lowest BCUT2D eigenvalue weighted by atomic mass is 9.88. The molecule has 0 radical (unpaired) electrons. The standard InChI is InChI=1S/C18H26ClN3O/c19-16-5-3-14(4-6-16)12-21-18(23)13-22-10-7-15(8-11-22)17-2-1-9-20-17/h3-6,15,17,20H,1-2,7-13H2,(H,21,23). The third kappa shape index (κ3) is 4.93. The average Bonchev–Trinajstić information content (AvgIpc) is 3.09. The lowest BCUT2D eigenvalue weighted by molar-refractivity contribution is -0.122. The highest BCUT2D eigenvalue weighted by molar-refractivity contribution is 6.30. The fraction of sp³-hybridized carbons (Fsp3) is 0.611. The van der Waals surface area contributed by atoms with Gasteiger partial charge in [-0.15, -0.1) is 0 Å². The van der Waals surface area contributed by atoms with E-state index in [-0.39, 0.29) is 5.91 Å². The molecule has 0 aromatic heterocycles. The van der Waals surface area contributed by atoms with Crippen molar-refractivity contribution in [3.63, 3.8) is 0 Å². The highest BCUT2D eigenvalue weighted by Crippen LogP contribution is 2.25. The van der Waals surface area contributed by atoms with Crippen LogP contribution in [-0.4, -0.2) is 43.0 Å². The maximum atomic E-state index is 12.1. The Hall–Kier alpha value is -1.10. The SMILES string of the molecule is O=C(CN1CCC(C2CCCN2)CC1)NCc1ccc(Cl)cc1. The van der Waals surface area contributed by atoms with Crippen molar-refractivity contribution in [2.75, 3.05) is 26.2 Å². The number of carbonyl (C=O) groups excluding carboxylic acids is 1. The third-order valence-corrected chi connectivity index (χ3v) is 5.32. The van der Waals surface area contributed by atoms with Crippen LogP contribution in [0.5, 0.6) is 0 Å². The quantitative estimate of drug-likeness (QED) is 0.868. The van der Waals surface area contributed by atoms with Gasteiger partial charge in [-0.2, -0.15) is 0 Å². The summed E-state index contributed by atoms with van der Waals surface area (Å²) in [6, 6.07) is 8.32. The van der Waals surface area contributed by atoms with Crippen LogP contribution in [-0.2, 0) is 11.3 Å². The lowest BCUT2D eigenvalue weighted by Gasteiger charge is -2.34. The molecule has 2 aliphatic rings. The van der Waals surface area contributed by atoms with E-state index in [9.17, 15) is 4.79 Å². The minimum atomic E-state index is 0.109. The summed E-state index contributed by atoms with van der Waals surface area (Å²) in [6.45, 7) is 4.34. The van der Waals surface area contributed by atoms with Gasteiger partial charge >= 0.3 is 0 Å². The van der Waals surface area contributed by atoms with E-state index in [4.69, 9.17) is 11.6 Å². The summed E-state index contributed by atoms with van der Waals surface area (Å²) < 4.78 is 0. The van der Waals surface area contributed by atoms with E-state index < -0.39 is 0 Å². The Kier molecular flexibility index (Phi) is 5.92.